The minimum Gasteiger partial charge on any atom is -0.508 e. The van der Waals surface area contributed by atoms with Gasteiger partial charge in [-0.1, -0.05) is 35.9 Å². The molecule has 3 aromatic carbocycles. The van der Waals surface area contributed by atoms with E-state index in [0.717, 1.165) is 16.9 Å². The number of amides is 1. The van der Waals surface area contributed by atoms with Crippen molar-refractivity contribution in [3.8, 4) is 22.8 Å². The number of carbonyl (C=O) groups excluding carboxylic acids is 1. The number of aromatic hydroxyl groups is 1. The van der Waals surface area contributed by atoms with Gasteiger partial charge >= 0.3 is 0 Å². The summed E-state index contributed by atoms with van der Waals surface area (Å²) in [6.45, 7) is 0.437. The summed E-state index contributed by atoms with van der Waals surface area (Å²) in [6, 6.07) is 23.1. The molecule has 0 aliphatic heterocycles. The number of hydrazone groups is 1. The van der Waals surface area contributed by atoms with Crippen LogP contribution in [0, 0.1) is 0 Å². The van der Waals surface area contributed by atoms with E-state index >= 15 is 0 Å². The largest absolute Gasteiger partial charge is 0.508 e. The summed E-state index contributed by atoms with van der Waals surface area (Å²) in [7, 11) is 0. The third-order valence-corrected chi connectivity index (χ3v) is 4.79. The molecule has 0 spiro atoms. The van der Waals surface area contributed by atoms with Crippen LogP contribution in [0.4, 0.5) is 0 Å². The fraction of sp³-hybridized carbons (Fsp3) is 0.0417. The van der Waals surface area contributed by atoms with E-state index in [1.165, 1.54) is 12.3 Å². The summed E-state index contributed by atoms with van der Waals surface area (Å²) in [6.07, 6.45) is 1.44. The molecule has 0 aliphatic carbocycles. The Morgan fingerprint density at radius 1 is 1.09 bits per heavy atom. The molecule has 1 heterocycles. The van der Waals surface area contributed by atoms with Gasteiger partial charge in [-0.3, -0.25) is 9.89 Å². The average molecular weight is 447 g/mol. The minimum atomic E-state index is -0.428. The predicted octanol–water partition coefficient (Wildman–Crippen LogP) is 4.78. The average Bonchev–Trinajstić information content (AvgIpc) is 3.30. The van der Waals surface area contributed by atoms with Crippen LogP contribution in [-0.4, -0.2) is 27.4 Å². The van der Waals surface area contributed by atoms with Crippen molar-refractivity contribution in [1.29, 1.82) is 0 Å². The smallest absolute Gasteiger partial charge is 0.289 e. The van der Waals surface area contributed by atoms with Crippen molar-refractivity contribution < 1.29 is 14.6 Å². The van der Waals surface area contributed by atoms with Gasteiger partial charge in [0.1, 0.15) is 23.8 Å². The molecule has 1 amide bonds. The van der Waals surface area contributed by atoms with E-state index < -0.39 is 5.91 Å². The number of nitrogens with one attached hydrogen (secondary N) is 2. The minimum absolute atomic E-state index is 0.125. The van der Waals surface area contributed by atoms with Gasteiger partial charge in [0, 0.05) is 10.6 Å². The second kappa shape index (κ2) is 9.80. The zero-order chi connectivity index (χ0) is 22.3. The molecule has 4 rings (SSSR count). The van der Waals surface area contributed by atoms with Crippen molar-refractivity contribution in [3.63, 3.8) is 0 Å². The van der Waals surface area contributed by atoms with Gasteiger partial charge in [-0.2, -0.15) is 10.2 Å². The maximum Gasteiger partial charge on any atom is 0.289 e. The topological polar surface area (TPSA) is 99.6 Å². The Hall–Kier alpha value is -4.10. The summed E-state index contributed by atoms with van der Waals surface area (Å²) >= 11 is 5.89. The van der Waals surface area contributed by atoms with Crippen molar-refractivity contribution in [2.45, 2.75) is 6.61 Å². The Labute approximate surface area is 189 Å². The highest BCUT2D eigenvalue weighted by molar-refractivity contribution is 6.30. The quantitative estimate of drug-likeness (QED) is 0.281. The van der Waals surface area contributed by atoms with E-state index in [0.29, 0.717) is 22.9 Å². The lowest BCUT2D eigenvalue weighted by Gasteiger charge is -2.07. The maximum absolute atomic E-state index is 12.3. The van der Waals surface area contributed by atoms with Gasteiger partial charge in [0.25, 0.3) is 5.91 Å². The highest BCUT2D eigenvalue weighted by Gasteiger charge is 2.10. The first-order valence-electron chi connectivity index (χ1n) is 9.72. The number of ether oxygens (including phenoxy) is 1. The van der Waals surface area contributed by atoms with Gasteiger partial charge < -0.3 is 9.84 Å². The molecule has 160 valence electrons. The van der Waals surface area contributed by atoms with Gasteiger partial charge in [-0.25, -0.2) is 5.43 Å². The molecule has 0 radical (unpaired) electrons. The van der Waals surface area contributed by atoms with Crippen molar-refractivity contribution in [3.05, 3.63) is 101 Å². The van der Waals surface area contributed by atoms with Crippen LogP contribution >= 0.6 is 11.6 Å². The molecule has 4 aromatic rings. The summed E-state index contributed by atoms with van der Waals surface area (Å²) in [5.41, 5.74) is 5.84. The Kier molecular flexibility index (Phi) is 6.48. The Morgan fingerprint density at radius 2 is 1.88 bits per heavy atom. The van der Waals surface area contributed by atoms with E-state index in [1.807, 2.05) is 48.5 Å². The molecule has 0 aliphatic rings. The summed E-state index contributed by atoms with van der Waals surface area (Å²) in [5, 5.41) is 20.9. The number of phenols is 1. The number of nitrogens with zero attached hydrogens (tertiary/aromatic N) is 2. The molecule has 0 saturated carbocycles. The van der Waals surface area contributed by atoms with Crippen molar-refractivity contribution in [2.24, 2.45) is 5.10 Å². The number of halogens is 1. The standard InChI is InChI=1S/C24H19ClN4O3/c25-19-8-4-16(5-9-19)15-32-21-10-6-18(7-11-21)22-13-23(28-27-22)24(31)29-26-14-17-2-1-3-20(30)12-17/h1-14,30H,15H2,(H,27,28)(H,29,31). The number of benzene rings is 3. The van der Waals surface area contributed by atoms with Gasteiger partial charge in [0.15, 0.2) is 0 Å². The normalized spacial score (nSPS) is 10.9. The van der Waals surface area contributed by atoms with Crippen LogP contribution in [-0.2, 0) is 6.61 Å². The summed E-state index contributed by atoms with van der Waals surface area (Å²) < 4.78 is 5.79. The number of aromatic nitrogens is 2. The molecular weight excluding hydrogens is 428 g/mol. The molecule has 7 nitrogen and oxygen atoms in total. The van der Waals surface area contributed by atoms with Crippen LogP contribution in [0.5, 0.6) is 11.5 Å². The Morgan fingerprint density at radius 3 is 2.62 bits per heavy atom. The van der Waals surface area contributed by atoms with Crippen LogP contribution in [0.2, 0.25) is 5.02 Å². The van der Waals surface area contributed by atoms with Crippen molar-refractivity contribution in [2.75, 3.05) is 0 Å². The number of hydrogen-bond acceptors (Lipinski definition) is 5. The molecule has 0 saturated heterocycles. The lowest BCUT2D eigenvalue weighted by molar-refractivity contribution is 0.0950. The SMILES string of the molecule is O=C(NN=Cc1cccc(O)c1)c1cc(-c2ccc(OCc3ccc(Cl)cc3)cc2)n[nH]1. The first kappa shape index (κ1) is 21.1. The third-order valence-electron chi connectivity index (χ3n) is 4.54. The number of H-pyrrole nitrogens is 1. The first-order valence-corrected chi connectivity index (χ1v) is 10.1. The number of carbonyl (C=O) groups is 1. The fourth-order valence-corrected chi connectivity index (χ4v) is 3.01. The molecule has 0 atom stereocenters. The lowest BCUT2D eigenvalue weighted by atomic mass is 10.1. The van der Waals surface area contributed by atoms with Crippen LogP contribution in [0.25, 0.3) is 11.3 Å². The molecule has 0 fully saturated rings. The van der Waals surface area contributed by atoms with Gasteiger partial charge in [0.2, 0.25) is 0 Å². The molecule has 0 unspecified atom stereocenters. The number of hydrogen-bond donors (Lipinski definition) is 3. The van der Waals surface area contributed by atoms with Crippen LogP contribution in [0.1, 0.15) is 21.6 Å². The van der Waals surface area contributed by atoms with Gasteiger partial charge in [-0.05, 0) is 65.7 Å². The Bertz CT molecular complexity index is 1230. The van der Waals surface area contributed by atoms with E-state index in [1.54, 1.807) is 24.3 Å². The number of rotatable bonds is 7. The van der Waals surface area contributed by atoms with Crippen LogP contribution in [0.3, 0.4) is 0 Å². The van der Waals surface area contributed by atoms with E-state index in [4.69, 9.17) is 16.3 Å². The van der Waals surface area contributed by atoms with Crippen LogP contribution < -0.4 is 10.2 Å². The first-order chi connectivity index (χ1) is 15.6. The van der Waals surface area contributed by atoms with E-state index in [9.17, 15) is 9.90 Å². The van der Waals surface area contributed by atoms with Gasteiger partial charge in [-0.15, -0.1) is 0 Å². The van der Waals surface area contributed by atoms with Gasteiger partial charge in [0.05, 0.1) is 11.9 Å². The predicted molar refractivity (Wildman–Crippen MR) is 123 cm³/mol. The monoisotopic (exact) mass is 446 g/mol. The maximum atomic E-state index is 12.3. The molecule has 32 heavy (non-hydrogen) atoms. The molecular formula is C24H19ClN4O3. The number of aromatic amines is 1. The second-order valence-corrected chi connectivity index (χ2v) is 7.34. The number of phenolic OH excluding ortho intramolecular Hbond substituents is 1. The van der Waals surface area contributed by atoms with E-state index in [2.05, 4.69) is 20.7 Å². The Balaban J connectivity index is 1.34. The van der Waals surface area contributed by atoms with E-state index in [-0.39, 0.29) is 11.4 Å². The molecule has 0 bridgehead atoms. The van der Waals surface area contributed by atoms with Crippen molar-refractivity contribution in [1.82, 2.24) is 15.6 Å². The van der Waals surface area contributed by atoms with Crippen LogP contribution in [0.15, 0.2) is 84.0 Å². The van der Waals surface area contributed by atoms with Crippen molar-refractivity contribution >= 4 is 23.7 Å². The second-order valence-electron chi connectivity index (χ2n) is 6.90. The molecule has 8 heteroatoms. The summed E-state index contributed by atoms with van der Waals surface area (Å²) in [4.78, 5) is 12.3. The lowest BCUT2D eigenvalue weighted by Crippen LogP contribution is -2.17. The highest BCUT2D eigenvalue weighted by Crippen LogP contribution is 2.22. The zero-order valence-electron chi connectivity index (χ0n) is 16.8. The highest BCUT2D eigenvalue weighted by atomic mass is 35.5. The third kappa shape index (κ3) is 5.53. The zero-order valence-corrected chi connectivity index (χ0v) is 17.6. The molecule has 3 N–H and O–H groups in total. The molecule has 1 aromatic heterocycles. The summed E-state index contributed by atoms with van der Waals surface area (Å²) in [5.74, 6) is 0.418. The fourth-order valence-electron chi connectivity index (χ4n) is 2.89.